The average Bonchev–Trinajstić information content (AvgIpc) is 2.86. The molecule has 2 rings (SSSR count). The second-order valence-corrected chi connectivity index (χ2v) is 4.43. The first-order chi connectivity index (χ1) is 10.1. The van der Waals surface area contributed by atoms with E-state index < -0.39 is 0 Å². The predicted molar refractivity (Wildman–Crippen MR) is 78.0 cm³/mol. The summed E-state index contributed by atoms with van der Waals surface area (Å²) in [5.74, 6) is 0.808. The van der Waals surface area contributed by atoms with Crippen LogP contribution in [-0.4, -0.2) is 29.3 Å². The Morgan fingerprint density at radius 3 is 2.90 bits per heavy atom. The zero-order valence-electron chi connectivity index (χ0n) is 12.0. The number of benzene rings is 1. The van der Waals surface area contributed by atoms with Crippen LogP contribution in [0.4, 0.5) is 11.4 Å². The Hall–Kier alpha value is -2.57. The quantitative estimate of drug-likeness (QED) is 0.617. The number of rotatable bonds is 6. The second kappa shape index (κ2) is 6.74. The van der Waals surface area contributed by atoms with Crippen LogP contribution in [0, 0.1) is 6.92 Å². The van der Waals surface area contributed by atoms with Gasteiger partial charge in [-0.2, -0.15) is 4.98 Å². The van der Waals surface area contributed by atoms with Crippen molar-refractivity contribution < 1.29 is 14.1 Å². The maximum Gasteiger partial charge on any atom is 0.338 e. The molecule has 2 aromatic rings. The van der Waals surface area contributed by atoms with Crippen molar-refractivity contribution in [2.45, 2.75) is 20.3 Å². The molecule has 0 bridgehead atoms. The van der Waals surface area contributed by atoms with Crippen LogP contribution in [0.1, 0.15) is 29.0 Å². The van der Waals surface area contributed by atoms with E-state index >= 15 is 0 Å². The van der Waals surface area contributed by atoms with Crippen molar-refractivity contribution in [3.63, 3.8) is 0 Å². The number of anilines is 2. The van der Waals surface area contributed by atoms with Gasteiger partial charge in [0.1, 0.15) is 0 Å². The summed E-state index contributed by atoms with van der Waals surface area (Å²) < 4.78 is 9.94. The molecule has 0 unspecified atom stereocenters. The van der Waals surface area contributed by atoms with E-state index in [4.69, 9.17) is 15.0 Å². The highest BCUT2D eigenvalue weighted by Gasteiger charge is 2.09. The van der Waals surface area contributed by atoms with Crippen molar-refractivity contribution in [2.24, 2.45) is 0 Å². The van der Waals surface area contributed by atoms with E-state index in [0.29, 0.717) is 42.5 Å². The minimum atomic E-state index is -0.378. The molecule has 21 heavy (non-hydrogen) atoms. The van der Waals surface area contributed by atoms with E-state index in [0.717, 1.165) is 5.69 Å². The van der Waals surface area contributed by atoms with Gasteiger partial charge in [-0.15, -0.1) is 0 Å². The van der Waals surface area contributed by atoms with Crippen LogP contribution in [-0.2, 0) is 11.2 Å². The summed E-state index contributed by atoms with van der Waals surface area (Å²) in [6, 6.07) is 5.02. The molecule has 0 atom stereocenters. The molecule has 0 fully saturated rings. The third-order valence-electron chi connectivity index (χ3n) is 2.79. The third kappa shape index (κ3) is 3.95. The maximum atomic E-state index is 11.6. The summed E-state index contributed by atoms with van der Waals surface area (Å²) in [7, 11) is 0. The predicted octanol–water partition coefficient (Wildman–Crippen LogP) is 1.79. The summed E-state index contributed by atoms with van der Waals surface area (Å²) in [4.78, 5) is 15.7. The molecule has 0 aliphatic heterocycles. The van der Waals surface area contributed by atoms with Crippen LogP contribution < -0.4 is 11.1 Å². The molecule has 1 aromatic carbocycles. The number of hydrogen-bond acceptors (Lipinski definition) is 7. The van der Waals surface area contributed by atoms with E-state index in [-0.39, 0.29) is 5.97 Å². The first-order valence-corrected chi connectivity index (χ1v) is 6.70. The molecular weight excluding hydrogens is 272 g/mol. The molecule has 0 aliphatic rings. The Balaban J connectivity index is 1.93. The van der Waals surface area contributed by atoms with Crippen molar-refractivity contribution in [1.82, 2.24) is 10.1 Å². The largest absolute Gasteiger partial charge is 0.462 e. The first kappa shape index (κ1) is 14.8. The molecule has 0 radical (unpaired) electrons. The van der Waals surface area contributed by atoms with Gasteiger partial charge in [0.15, 0.2) is 5.82 Å². The van der Waals surface area contributed by atoms with Gasteiger partial charge in [0.25, 0.3) is 0 Å². The molecule has 112 valence electrons. The Kier molecular flexibility index (Phi) is 4.76. The standard InChI is InChI=1S/C14H18N4O3/c1-3-20-14(19)10-4-5-12(11(15)8-10)16-7-6-13-17-9(2)18-21-13/h4-5,8,16H,3,6-7,15H2,1-2H3. The van der Waals surface area contributed by atoms with Crippen molar-refractivity contribution in [1.29, 1.82) is 0 Å². The van der Waals surface area contributed by atoms with E-state index in [1.807, 2.05) is 0 Å². The fraction of sp³-hybridized carbons (Fsp3) is 0.357. The molecule has 1 aromatic heterocycles. The lowest BCUT2D eigenvalue weighted by molar-refractivity contribution is 0.0526. The van der Waals surface area contributed by atoms with Crippen LogP contribution in [0.3, 0.4) is 0 Å². The van der Waals surface area contributed by atoms with Crippen LogP contribution in [0.25, 0.3) is 0 Å². The highest BCUT2D eigenvalue weighted by atomic mass is 16.5. The summed E-state index contributed by atoms with van der Waals surface area (Å²) in [5, 5.41) is 6.88. The lowest BCUT2D eigenvalue weighted by Crippen LogP contribution is -2.09. The molecule has 0 saturated carbocycles. The number of ether oxygens (including phenoxy) is 1. The number of nitrogen functional groups attached to an aromatic ring is 1. The van der Waals surface area contributed by atoms with Gasteiger partial charge >= 0.3 is 5.97 Å². The normalized spacial score (nSPS) is 10.4. The van der Waals surface area contributed by atoms with Crippen molar-refractivity contribution in [3.8, 4) is 0 Å². The number of aromatic nitrogens is 2. The number of nitrogens with two attached hydrogens (primary N) is 1. The van der Waals surface area contributed by atoms with Gasteiger partial charge in [-0.3, -0.25) is 0 Å². The molecule has 7 nitrogen and oxygen atoms in total. The van der Waals surface area contributed by atoms with Gasteiger partial charge in [-0.1, -0.05) is 5.16 Å². The van der Waals surface area contributed by atoms with Gasteiger partial charge in [-0.25, -0.2) is 4.79 Å². The zero-order chi connectivity index (χ0) is 15.2. The summed E-state index contributed by atoms with van der Waals surface area (Å²) >= 11 is 0. The molecule has 0 saturated heterocycles. The van der Waals surface area contributed by atoms with E-state index in [1.165, 1.54) is 0 Å². The Morgan fingerprint density at radius 2 is 2.29 bits per heavy atom. The fourth-order valence-electron chi connectivity index (χ4n) is 1.81. The Morgan fingerprint density at radius 1 is 1.48 bits per heavy atom. The zero-order valence-corrected chi connectivity index (χ0v) is 12.0. The topological polar surface area (TPSA) is 103 Å². The summed E-state index contributed by atoms with van der Waals surface area (Å²) in [5.41, 5.74) is 7.59. The van der Waals surface area contributed by atoms with Gasteiger partial charge < -0.3 is 20.3 Å². The molecular formula is C14H18N4O3. The number of nitrogens with zero attached hydrogens (tertiary/aromatic N) is 2. The van der Waals surface area contributed by atoms with E-state index in [9.17, 15) is 4.79 Å². The number of aryl methyl sites for hydroxylation is 1. The van der Waals surface area contributed by atoms with Crippen LogP contribution in [0.5, 0.6) is 0 Å². The van der Waals surface area contributed by atoms with Crippen LogP contribution >= 0.6 is 0 Å². The SMILES string of the molecule is CCOC(=O)c1ccc(NCCc2nc(C)no2)c(N)c1. The maximum absolute atomic E-state index is 11.6. The van der Waals surface area contributed by atoms with Crippen molar-refractivity contribution in [2.75, 3.05) is 24.2 Å². The molecule has 1 heterocycles. The molecule has 0 aliphatic carbocycles. The number of nitrogens with one attached hydrogen (secondary N) is 1. The molecule has 7 heteroatoms. The average molecular weight is 290 g/mol. The highest BCUT2D eigenvalue weighted by Crippen LogP contribution is 2.20. The first-order valence-electron chi connectivity index (χ1n) is 6.70. The number of carbonyl (C=O) groups excluding carboxylic acids is 1. The van der Waals surface area contributed by atoms with Gasteiger partial charge in [-0.05, 0) is 32.0 Å². The van der Waals surface area contributed by atoms with Gasteiger partial charge in [0, 0.05) is 13.0 Å². The molecule has 0 amide bonds. The minimum Gasteiger partial charge on any atom is -0.462 e. The number of hydrogen-bond donors (Lipinski definition) is 2. The molecule has 0 spiro atoms. The Bertz CT molecular complexity index is 624. The van der Waals surface area contributed by atoms with Crippen molar-refractivity contribution in [3.05, 3.63) is 35.5 Å². The van der Waals surface area contributed by atoms with Crippen LogP contribution in [0.15, 0.2) is 22.7 Å². The Labute approximate surface area is 122 Å². The summed E-state index contributed by atoms with van der Waals surface area (Å²) in [6.45, 7) is 4.47. The number of carbonyl (C=O) groups is 1. The van der Waals surface area contributed by atoms with Crippen LogP contribution in [0.2, 0.25) is 0 Å². The second-order valence-electron chi connectivity index (χ2n) is 4.43. The van der Waals surface area contributed by atoms with Crippen molar-refractivity contribution >= 4 is 17.3 Å². The third-order valence-corrected chi connectivity index (χ3v) is 2.79. The monoisotopic (exact) mass is 290 g/mol. The lowest BCUT2D eigenvalue weighted by Gasteiger charge is -2.09. The number of esters is 1. The molecule has 3 N–H and O–H groups in total. The minimum absolute atomic E-state index is 0.336. The lowest BCUT2D eigenvalue weighted by atomic mass is 10.1. The smallest absolute Gasteiger partial charge is 0.338 e. The van der Waals surface area contributed by atoms with E-state index in [2.05, 4.69) is 15.5 Å². The summed E-state index contributed by atoms with van der Waals surface area (Å²) in [6.07, 6.45) is 0.597. The fourth-order valence-corrected chi connectivity index (χ4v) is 1.81. The van der Waals surface area contributed by atoms with E-state index in [1.54, 1.807) is 32.0 Å². The van der Waals surface area contributed by atoms with Gasteiger partial charge in [0.05, 0.1) is 23.5 Å². The highest BCUT2D eigenvalue weighted by molar-refractivity contribution is 5.91. The van der Waals surface area contributed by atoms with Gasteiger partial charge in [0.2, 0.25) is 5.89 Å².